The maximum absolute atomic E-state index is 5.63. The number of hydrogen-bond acceptors (Lipinski definition) is 3. The largest absolute Gasteiger partial charge is 0.454 e. The Kier molecular flexibility index (Phi) is 2.72. The monoisotopic (exact) mass is 282 g/mol. The average molecular weight is 282 g/mol. The first-order chi connectivity index (χ1) is 10.3. The molecule has 1 aliphatic rings. The van der Waals surface area contributed by atoms with Gasteiger partial charge in [0.15, 0.2) is 17.7 Å². The van der Waals surface area contributed by atoms with Gasteiger partial charge in [0.05, 0.1) is 17.4 Å². The highest BCUT2D eigenvalue weighted by atomic mass is 16.7. The summed E-state index contributed by atoms with van der Waals surface area (Å²) in [7, 11) is 3.76. The van der Waals surface area contributed by atoms with Crippen molar-refractivity contribution in [3.63, 3.8) is 0 Å². The van der Waals surface area contributed by atoms with Crippen LogP contribution in [0.4, 0.5) is 0 Å². The number of methoxy groups -OCH3 is 1. The number of ether oxygens (including phenoxy) is 3. The van der Waals surface area contributed by atoms with Gasteiger partial charge in [-0.2, -0.15) is 0 Å². The predicted octanol–water partition coefficient (Wildman–Crippen LogP) is 2.69. The maximum atomic E-state index is 5.63. The molecule has 0 N–H and O–H groups in total. The third kappa shape index (κ3) is 1.83. The van der Waals surface area contributed by atoms with Crippen LogP contribution in [0.2, 0.25) is 0 Å². The highest BCUT2D eigenvalue weighted by molar-refractivity contribution is 6.07. The van der Waals surface area contributed by atoms with Crippen molar-refractivity contribution in [2.75, 3.05) is 13.9 Å². The molecule has 0 saturated carbocycles. The van der Waals surface area contributed by atoms with E-state index >= 15 is 0 Å². The first-order valence-electron chi connectivity index (χ1n) is 6.90. The third-order valence-corrected chi connectivity index (χ3v) is 3.94. The van der Waals surface area contributed by atoms with Gasteiger partial charge in [-0.15, -0.1) is 0 Å². The van der Waals surface area contributed by atoms with Crippen LogP contribution in [-0.4, -0.2) is 13.9 Å². The van der Waals surface area contributed by atoms with Gasteiger partial charge in [-0.1, -0.05) is 6.07 Å². The van der Waals surface area contributed by atoms with E-state index in [1.165, 1.54) is 16.3 Å². The Morgan fingerprint density at radius 3 is 2.86 bits per heavy atom. The van der Waals surface area contributed by atoms with Crippen molar-refractivity contribution in [1.82, 2.24) is 0 Å². The number of rotatable bonds is 2. The Balaban J connectivity index is 2.09. The summed E-state index contributed by atoms with van der Waals surface area (Å²) in [5.74, 6) is 1.65. The van der Waals surface area contributed by atoms with E-state index in [1.54, 1.807) is 7.11 Å². The zero-order valence-corrected chi connectivity index (χ0v) is 12.1. The Morgan fingerprint density at radius 1 is 1.10 bits per heavy atom. The van der Waals surface area contributed by atoms with E-state index in [9.17, 15) is 0 Å². The lowest BCUT2D eigenvalue weighted by molar-refractivity contribution is -0.643. The van der Waals surface area contributed by atoms with E-state index in [4.69, 9.17) is 14.2 Å². The molecule has 0 saturated heterocycles. The van der Waals surface area contributed by atoms with Gasteiger partial charge in [0.1, 0.15) is 7.05 Å². The minimum Gasteiger partial charge on any atom is -0.454 e. The molecule has 3 aromatic rings. The van der Waals surface area contributed by atoms with Gasteiger partial charge in [-0.25, -0.2) is 4.57 Å². The molecular weight excluding hydrogens is 266 g/mol. The van der Waals surface area contributed by atoms with E-state index in [0.717, 1.165) is 22.4 Å². The molecule has 4 heteroatoms. The van der Waals surface area contributed by atoms with Crippen molar-refractivity contribution >= 4 is 21.7 Å². The Labute approximate surface area is 122 Å². The van der Waals surface area contributed by atoms with Crippen molar-refractivity contribution in [3.8, 4) is 11.5 Å². The van der Waals surface area contributed by atoms with Crippen LogP contribution < -0.4 is 14.0 Å². The van der Waals surface area contributed by atoms with Crippen LogP contribution in [0.3, 0.4) is 0 Å². The predicted molar refractivity (Wildman–Crippen MR) is 79.5 cm³/mol. The second-order valence-electron chi connectivity index (χ2n) is 5.29. The number of benzene rings is 2. The maximum Gasteiger partial charge on any atom is 0.231 e. The molecule has 2 heterocycles. The molecule has 1 aliphatic heterocycles. The van der Waals surface area contributed by atoms with Gasteiger partial charge in [0.25, 0.3) is 0 Å². The van der Waals surface area contributed by atoms with E-state index in [1.807, 2.05) is 13.1 Å². The summed E-state index contributed by atoms with van der Waals surface area (Å²) >= 11 is 0. The van der Waals surface area contributed by atoms with E-state index in [2.05, 4.69) is 35.0 Å². The smallest absolute Gasteiger partial charge is 0.231 e. The van der Waals surface area contributed by atoms with Gasteiger partial charge in [0.2, 0.25) is 12.3 Å². The summed E-state index contributed by atoms with van der Waals surface area (Å²) < 4.78 is 18.5. The summed E-state index contributed by atoms with van der Waals surface area (Å²) in [6.07, 6.45) is 2.10. The Morgan fingerprint density at radius 2 is 2.00 bits per heavy atom. The van der Waals surface area contributed by atoms with Gasteiger partial charge >= 0.3 is 0 Å². The number of fused-ring (bicyclic) bond motifs is 5. The SMILES string of the molecule is COCc1ccc2c(c1)c1ccc3c(c1c[n+]2C)OCO3. The van der Waals surface area contributed by atoms with Crippen molar-refractivity contribution in [3.05, 3.63) is 42.1 Å². The van der Waals surface area contributed by atoms with Gasteiger partial charge < -0.3 is 14.2 Å². The first kappa shape index (κ1) is 12.4. The molecule has 4 rings (SSSR count). The molecule has 0 unspecified atom stereocenters. The molecule has 0 fully saturated rings. The van der Waals surface area contributed by atoms with Crippen LogP contribution in [0.25, 0.3) is 21.7 Å². The minimum absolute atomic E-state index is 0.292. The highest BCUT2D eigenvalue weighted by Crippen LogP contribution is 2.40. The molecule has 0 radical (unpaired) electrons. The molecule has 0 bridgehead atoms. The van der Waals surface area contributed by atoms with Crippen LogP contribution in [0.1, 0.15) is 5.56 Å². The number of pyridine rings is 1. The second-order valence-corrected chi connectivity index (χ2v) is 5.29. The molecule has 21 heavy (non-hydrogen) atoms. The summed E-state index contributed by atoms with van der Waals surface area (Å²) in [4.78, 5) is 0. The quantitative estimate of drug-likeness (QED) is 0.535. The van der Waals surface area contributed by atoms with E-state index in [0.29, 0.717) is 13.4 Å². The fourth-order valence-corrected chi connectivity index (χ4v) is 2.98. The van der Waals surface area contributed by atoms with Crippen molar-refractivity contribution in [2.24, 2.45) is 7.05 Å². The minimum atomic E-state index is 0.292. The van der Waals surface area contributed by atoms with Crippen LogP contribution in [0.15, 0.2) is 36.5 Å². The van der Waals surface area contributed by atoms with E-state index in [-0.39, 0.29) is 0 Å². The molecule has 0 atom stereocenters. The lowest BCUT2D eigenvalue weighted by Gasteiger charge is -2.07. The zero-order chi connectivity index (χ0) is 14.4. The van der Waals surface area contributed by atoms with Crippen molar-refractivity contribution in [1.29, 1.82) is 0 Å². The van der Waals surface area contributed by atoms with Crippen LogP contribution in [0, 0.1) is 0 Å². The topological polar surface area (TPSA) is 31.6 Å². The van der Waals surface area contributed by atoms with Crippen molar-refractivity contribution < 1.29 is 18.8 Å². The molecule has 106 valence electrons. The number of nitrogens with zero attached hydrogens (tertiary/aromatic N) is 1. The second kappa shape index (κ2) is 4.60. The molecule has 4 nitrogen and oxygen atoms in total. The first-order valence-corrected chi connectivity index (χ1v) is 6.90. The van der Waals surface area contributed by atoms with E-state index < -0.39 is 0 Å². The fraction of sp³-hybridized carbons (Fsp3) is 0.235. The number of aryl methyl sites for hydroxylation is 1. The van der Waals surface area contributed by atoms with Crippen LogP contribution in [-0.2, 0) is 18.4 Å². The molecule has 0 amide bonds. The van der Waals surface area contributed by atoms with Crippen LogP contribution >= 0.6 is 0 Å². The lowest BCUT2D eigenvalue weighted by atomic mass is 10.0. The van der Waals surface area contributed by atoms with Gasteiger partial charge in [-0.3, -0.25) is 0 Å². The van der Waals surface area contributed by atoms with Crippen molar-refractivity contribution in [2.45, 2.75) is 6.61 Å². The number of hydrogen-bond donors (Lipinski definition) is 0. The summed E-state index contributed by atoms with van der Waals surface area (Å²) in [6.45, 7) is 0.903. The molecule has 2 aromatic carbocycles. The van der Waals surface area contributed by atoms with Gasteiger partial charge in [-0.05, 0) is 23.8 Å². The summed E-state index contributed by atoms with van der Waals surface area (Å²) in [5.41, 5.74) is 2.34. The zero-order valence-electron chi connectivity index (χ0n) is 12.1. The normalized spacial score (nSPS) is 13.2. The third-order valence-electron chi connectivity index (χ3n) is 3.94. The Bertz CT molecular complexity index is 858. The fourth-order valence-electron chi connectivity index (χ4n) is 2.98. The highest BCUT2D eigenvalue weighted by Gasteiger charge is 2.21. The molecular formula is C17H16NO3+. The molecule has 0 spiro atoms. The lowest BCUT2D eigenvalue weighted by Crippen LogP contribution is -2.28. The summed E-state index contributed by atoms with van der Waals surface area (Å²) in [6, 6.07) is 10.5. The van der Waals surface area contributed by atoms with Gasteiger partial charge in [0, 0.05) is 18.6 Å². The molecule has 0 aliphatic carbocycles. The average Bonchev–Trinajstić information content (AvgIpc) is 2.96. The summed E-state index contributed by atoms with van der Waals surface area (Å²) in [5, 5.41) is 3.45. The Hall–Kier alpha value is -2.33. The van der Waals surface area contributed by atoms with Crippen LogP contribution in [0.5, 0.6) is 11.5 Å². The number of aromatic nitrogens is 1. The molecule has 1 aromatic heterocycles. The standard InChI is InChI=1S/C17H16NO3/c1-18-8-14-12(4-6-16-17(14)21-10-20-16)13-7-11(9-19-2)3-5-15(13)18/h3-8H,9-10H2,1-2H3/q+1.